The number of amides is 2. The van der Waals surface area contributed by atoms with Gasteiger partial charge < -0.3 is 19.9 Å². The van der Waals surface area contributed by atoms with Gasteiger partial charge in [-0.15, -0.1) is 0 Å². The highest BCUT2D eigenvalue weighted by molar-refractivity contribution is 9.10. The number of nitrogens with two attached hydrogens (primary N) is 1. The van der Waals surface area contributed by atoms with Crippen molar-refractivity contribution in [2.75, 3.05) is 6.54 Å². The molecular formula is C13H17BrClN3O3. The lowest BCUT2D eigenvalue weighted by atomic mass is 10.2. The molecule has 1 aromatic rings. The van der Waals surface area contributed by atoms with Crippen LogP contribution in [0.1, 0.15) is 36.8 Å². The third-order valence-electron chi connectivity index (χ3n) is 3.08. The van der Waals surface area contributed by atoms with Crippen LogP contribution in [-0.2, 0) is 17.8 Å². The van der Waals surface area contributed by atoms with Crippen molar-refractivity contribution >= 4 is 39.5 Å². The summed E-state index contributed by atoms with van der Waals surface area (Å²) in [6, 6.07) is 0. The number of aromatic nitrogens is 1. The Morgan fingerprint density at radius 1 is 1.33 bits per heavy atom. The van der Waals surface area contributed by atoms with Crippen molar-refractivity contribution in [3.05, 3.63) is 20.9 Å². The van der Waals surface area contributed by atoms with Gasteiger partial charge in [-0.1, -0.05) is 11.6 Å². The second-order valence-corrected chi connectivity index (χ2v) is 7.00. The molecule has 0 saturated heterocycles. The first-order valence-electron chi connectivity index (χ1n) is 6.46. The highest BCUT2D eigenvalue weighted by Crippen LogP contribution is 2.35. The van der Waals surface area contributed by atoms with Crippen LogP contribution >= 0.6 is 27.5 Å². The van der Waals surface area contributed by atoms with E-state index in [9.17, 15) is 9.59 Å². The van der Waals surface area contributed by atoms with E-state index in [2.05, 4.69) is 15.9 Å². The monoisotopic (exact) mass is 377 g/mol. The van der Waals surface area contributed by atoms with Gasteiger partial charge in [0.15, 0.2) is 0 Å². The van der Waals surface area contributed by atoms with Crippen LogP contribution in [-0.4, -0.2) is 33.6 Å². The number of nitrogens with zero attached hydrogens (tertiary/aromatic N) is 2. The van der Waals surface area contributed by atoms with E-state index in [0.29, 0.717) is 34.0 Å². The van der Waals surface area contributed by atoms with E-state index in [-0.39, 0.29) is 6.54 Å². The predicted octanol–water partition coefficient (Wildman–Crippen LogP) is 2.75. The number of carbonyl (C=O) groups is 2. The first-order chi connectivity index (χ1) is 9.61. The van der Waals surface area contributed by atoms with Crippen molar-refractivity contribution < 1.29 is 14.3 Å². The molecule has 0 spiro atoms. The van der Waals surface area contributed by atoms with Crippen molar-refractivity contribution in [2.45, 2.75) is 39.5 Å². The van der Waals surface area contributed by atoms with Gasteiger partial charge >= 0.3 is 6.09 Å². The van der Waals surface area contributed by atoms with Gasteiger partial charge in [-0.05, 0) is 36.7 Å². The Labute approximate surface area is 136 Å². The maximum atomic E-state index is 12.1. The molecule has 1 aliphatic rings. The van der Waals surface area contributed by atoms with Crippen molar-refractivity contribution in [1.29, 1.82) is 0 Å². The normalized spacial score (nSPS) is 14.8. The molecule has 2 heterocycles. The second-order valence-electron chi connectivity index (χ2n) is 5.84. The van der Waals surface area contributed by atoms with Gasteiger partial charge in [-0.25, -0.2) is 4.79 Å². The highest BCUT2D eigenvalue weighted by Gasteiger charge is 2.31. The maximum Gasteiger partial charge on any atom is 0.410 e. The molecule has 0 atom stereocenters. The first kappa shape index (κ1) is 16.2. The molecule has 1 aromatic heterocycles. The number of ether oxygens (including phenoxy) is 1. The molecular weight excluding hydrogens is 362 g/mol. The molecule has 0 unspecified atom stereocenters. The standard InChI is InChI=1S/C13H17BrClN3O3/c1-13(2,3)21-12(20)17-4-5-18-7(6-17)8(11(16)19)9(14)10(18)15/h4-6H2,1-3H3,(H2,16,19). The third-order valence-corrected chi connectivity index (χ3v) is 4.48. The van der Waals surface area contributed by atoms with Crippen LogP contribution < -0.4 is 5.73 Å². The highest BCUT2D eigenvalue weighted by atomic mass is 79.9. The van der Waals surface area contributed by atoms with Crippen molar-refractivity contribution in [1.82, 2.24) is 9.47 Å². The molecule has 116 valence electrons. The number of carbonyl (C=O) groups excluding carboxylic acids is 2. The summed E-state index contributed by atoms with van der Waals surface area (Å²) in [6.45, 7) is 6.60. The SMILES string of the molecule is CC(C)(C)OC(=O)N1CCn2c(Cl)c(Br)c(C(N)=O)c2C1. The minimum atomic E-state index is -0.580. The summed E-state index contributed by atoms with van der Waals surface area (Å²) in [5.41, 5.74) is 5.77. The van der Waals surface area contributed by atoms with Gasteiger partial charge in [0.25, 0.3) is 5.91 Å². The number of halogens is 2. The lowest BCUT2D eigenvalue weighted by molar-refractivity contribution is 0.0198. The van der Waals surface area contributed by atoms with Crippen LogP contribution in [0.5, 0.6) is 0 Å². The zero-order valence-electron chi connectivity index (χ0n) is 12.1. The molecule has 6 nitrogen and oxygen atoms in total. The first-order valence-corrected chi connectivity index (χ1v) is 7.63. The molecule has 0 fully saturated rings. The summed E-state index contributed by atoms with van der Waals surface area (Å²) in [5, 5.41) is 0.419. The van der Waals surface area contributed by atoms with Crippen LogP contribution in [0.25, 0.3) is 0 Å². The summed E-state index contributed by atoms with van der Waals surface area (Å²) in [6.07, 6.45) is -0.419. The van der Waals surface area contributed by atoms with Crippen LogP contribution in [0.3, 0.4) is 0 Å². The lowest BCUT2D eigenvalue weighted by Crippen LogP contribution is -2.42. The van der Waals surface area contributed by atoms with Crippen molar-refractivity contribution in [3.8, 4) is 0 Å². The van der Waals surface area contributed by atoms with E-state index in [1.54, 1.807) is 25.3 Å². The second kappa shape index (κ2) is 5.53. The van der Waals surface area contributed by atoms with E-state index in [1.807, 2.05) is 0 Å². The average Bonchev–Trinajstić information content (AvgIpc) is 2.59. The molecule has 1 aliphatic heterocycles. The van der Waals surface area contributed by atoms with E-state index in [4.69, 9.17) is 22.1 Å². The fourth-order valence-electron chi connectivity index (χ4n) is 2.21. The van der Waals surface area contributed by atoms with Crippen LogP contribution in [0.2, 0.25) is 5.15 Å². The van der Waals surface area contributed by atoms with Crippen LogP contribution in [0.15, 0.2) is 4.47 Å². The number of hydrogen-bond donors (Lipinski definition) is 1. The molecule has 2 N–H and O–H groups in total. The number of primary amides is 1. The molecule has 0 bridgehead atoms. The minimum Gasteiger partial charge on any atom is -0.444 e. The minimum absolute atomic E-state index is 0.235. The van der Waals surface area contributed by atoms with E-state index < -0.39 is 17.6 Å². The zero-order chi connectivity index (χ0) is 15.9. The maximum absolute atomic E-state index is 12.1. The fourth-order valence-corrected chi connectivity index (χ4v) is 3.13. The quantitative estimate of drug-likeness (QED) is 0.816. The Balaban J connectivity index is 2.30. The smallest absolute Gasteiger partial charge is 0.410 e. The van der Waals surface area contributed by atoms with Crippen LogP contribution in [0.4, 0.5) is 4.79 Å². The summed E-state index contributed by atoms with van der Waals surface area (Å²) in [4.78, 5) is 25.3. The van der Waals surface area contributed by atoms with Crippen LogP contribution in [0, 0.1) is 0 Å². The van der Waals surface area contributed by atoms with Crippen molar-refractivity contribution in [2.24, 2.45) is 5.73 Å². The Morgan fingerprint density at radius 3 is 2.48 bits per heavy atom. The Kier molecular flexibility index (Phi) is 4.26. The summed E-state index contributed by atoms with van der Waals surface area (Å²) in [5.74, 6) is -0.580. The number of hydrogen-bond acceptors (Lipinski definition) is 3. The van der Waals surface area contributed by atoms with Gasteiger partial charge in [0.05, 0.1) is 22.3 Å². The van der Waals surface area contributed by atoms with Gasteiger partial charge in [-0.3, -0.25) is 4.79 Å². The van der Waals surface area contributed by atoms with Gasteiger partial charge in [0.2, 0.25) is 0 Å². The molecule has 0 radical (unpaired) electrons. The van der Waals surface area contributed by atoms with Crippen molar-refractivity contribution in [3.63, 3.8) is 0 Å². The zero-order valence-corrected chi connectivity index (χ0v) is 14.4. The molecule has 21 heavy (non-hydrogen) atoms. The third kappa shape index (κ3) is 3.18. The summed E-state index contributed by atoms with van der Waals surface area (Å²) in [7, 11) is 0. The molecule has 2 amide bonds. The Bertz CT molecular complexity index is 607. The summed E-state index contributed by atoms with van der Waals surface area (Å²) < 4.78 is 7.60. The molecule has 2 rings (SSSR count). The van der Waals surface area contributed by atoms with E-state index >= 15 is 0 Å². The number of rotatable bonds is 1. The van der Waals surface area contributed by atoms with E-state index in [1.165, 1.54) is 4.90 Å². The Hall–Kier alpha value is -1.21. The number of fused-ring (bicyclic) bond motifs is 1. The lowest BCUT2D eigenvalue weighted by Gasteiger charge is -2.31. The van der Waals surface area contributed by atoms with Gasteiger partial charge in [-0.2, -0.15) is 0 Å². The fraction of sp³-hybridized carbons (Fsp3) is 0.538. The molecule has 0 saturated carbocycles. The molecule has 8 heteroatoms. The summed E-state index contributed by atoms with van der Waals surface area (Å²) >= 11 is 9.46. The Morgan fingerprint density at radius 2 is 1.95 bits per heavy atom. The van der Waals surface area contributed by atoms with E-state index in [0.717, 1.165) is 0 Å². The molecule has 0 aliphatic carbocycles. The van der Waals surface area contributed by atoms with Gasteiger partial charge in [0, 0.05) is 13.1 Å². The molecule has 0 aromatic carbocycles. The average molecular weight is 379 g/mol. The predicted molar refractivity (Wildman–Crippen MR) is 82.3 cm³/mol. The largest absolute Gasteiger partial charge is 0.444 e. The topological polar surface area (TPSA) is 77.6 Å². The van der Waals surface area contributed by atoms with Gasteiger partial charge in [0.1, 0.15) is 10.8 Å².